The number of hydrogen-bond acceptors (Lipinski definition) is 4. The van der Waals surface area contributed by atoms with Crippen LogP contribution in [0.1, 0.15) is 20.3 Å². The first-order valence-electron chi connectivity index (χ1n) is 6.15. The van der Waals surface area contributed by atoms with Crippen LogP contribution in [0.4, 0.5) is 0 Å². The summed E-state index contributed by atoms with van der Waals surface area (Å²) >= 11 is 0. The highest BCUT2D eigenvalue weighted by molar-refractivity contribution is 5.75. The zero-order valence-corrected chi connectivity index (χ0v) is 11.2. The fourth-order valence-corrected chi connectivity index (χ4v) is 1.63. The standard InChI is InChI=1S/C14H21NO3/c1-11(2)15-13(14(16)17-3)9-10-18-12-7-5-4-6-8-12/h4-8,11,13,15H,9-10H2,1-3H3. The van der Waals surface area contributed by atoms with Crippen molar-refractivity contribution in [2.45, 2.75) is 32.4 Å². The topological polar surface area (TPSA) is 47.6 Å². The molecule has 1 aromatic carbocycles. The molecule has 0 bridgehead atoms. The maximum atomic E-state index is 11.5. The Hall–Kier alpha value is -1.55. The summed E-state index contributed by atoms with van der Waals surface area (Å²) in [4.78, 5) is 11.5. The minimum absolute atomic E-state index is 0.228. The predicted molar refractivity (Wildman–Crippen MR) is 70.6 cm³/mol. The summed E-state index contributed by atoms with van der Waals surface area (Å²) in [7, 11) is 1.40. The number of benzene rings is 1. The fourth-order valence-electron chi connectivity index (χ4n) is 1.63. The Morgan fingerprint density at radius 1 is 1.28 bits per heavy atom. The molecule has 0 saturated heterocycles. The lowest BCUT2D eigenvalue weighted by Crippen LogP contribution is -2.42. The van der Waals surface area contributed by atoms with Crippen LogP contribution < -0.4 is 10.1 Å². The summed E-state index contributed by atoms with van der Waals surface area (Å²) in [5.74, 6) is 0.561. The molecule has 0 saturated carbocycles. The molecule has 4 nitrogen and oxygen atoms in total. The number of ether oxygens (including phenoxy) is 2. The van der Waals surface area contributed by atoms with Crippen molar-refractivity contribution in [3.8, 4) is 5.75 Å². The van der Waals surface area contributed by atoms with Gasteiger partial charge in [0.2, 0.25) is 0 Å². The normalized spacial score (nSPS) is 12.2. The zero-order chi connectivity index (χ0) is 13.4. The van der Waals surface area contributed by atoms with Gasteiger partial charge in [-0.3, -0.25) is 4.79 Å². The van der Waals surface area contributed by atoms with Crippen LogP contribution in [0.5, 0.6) is 5.75 Å². The molecular formula is C14H21NO3. The molecule has 1 unspecified atom stereocenters. The van der Waals surface area contributed by atoms with Crippen LogP contribution in [0, 0.1) is 0 Å². The Morgan fingerprint density at radius 2 is 1.94 bits per heavy atom. The van der Waals surface area contributed by atoms with E-state index >= 15 is 0 Å². The van der Waals surface area contributed by atoms with E-state index in [9.17, 15) is 4.79 Å². The first kappa shape index (κ1) is 14.5. The Labute approximate surface area is 108 Å². The third-order valence-electron chi connectivity index (χ3n) is 2.44. The van der Waals surface area contributed by atoms with Gasteiger partial charge in [0.1, 0.15) is 11.8 Å². The molecule has 100 valence electrons. The van der Waals surface area contributed by atoms with Crippen molar-refractivity contribution in [3.63, 3.8) is 0 Å². The van der Waals surface area contributed by atoms with Gasteiger partial charge in [-0.2, -0.15) is 0 Å². The molecule has 1 rings (SSSR count). The van der Waals surface area contributed by atoms with Gasteiger partial charge in [-0.1, -0.05) is 32.0 Å². The molecule has 0 aromatic heterocycles. The summed E-state index contributed by atoms with van der Waals surface area (Å²) in [5.41, 5.74) is 0. The molecule has 1 aromatic rings. The average molecular weight is 251 g/mol. The quantitative estimate of drug-likeness (QED) is 0.753. The molecule has 0 aliphatic heterocycles. The molecule has 4 heteroatoms. The van der Waals surface area contributed by atoms with Crippen molar-refractivity contribution in [1.29, 1.82) is 0 Å². The number of para-hydroxylation sites is 1. The molecule has 0 fully saturated rings. The SMILES string of the molecule is COC(=O)C(CCOc1ccccc1)NC(C)C. The van der Waals surface area contributed by atoms with E-state index in [1.165, 1.54) is 7.11 Å². The highest BCUT2D eigenvalue weighted by Crippen LogP contribution is 2.09. The van der Waals surface area contributed by atoms with Crippen LogP contribution in [-0.2, 0) is 9.53 Å². The van der Waals surface area contributed by atoms with E-state index < -0.39 is 0 Å². The Balaban J connectivity index is 2.40. The van der Waals surface area contributed by atoms with Crippen molar-refractivity contribution < 1.29 is 14.3 Å². The number of esters is 1. The second kappa shape index (κ2) is 7.71. The summed E-state index contributed by atoms with van der Waals surface area (Å²) in [6.07, 6.45) is 0.583. The van der Waals surface area contributed by atoms with Crippen molar-refractivity contribution >= 4 is 5.97 Å². The number of nitrogens with one attached hydrogen (secondary N) is 1. The van der Waals surface area contributed by atoms with Crippen LogP contribution in [0.2, 0.25) is 0 Å². The Kier molecular flexibility index (Phi) is 6.22. The number of rotatable bonds is 7. The molecule has 0 spiro atoms. The monoisotopic (exact) mass is 251 g/mol. The highest BCUT2D eigenvalue weighted by atomic mass is 16.5. The van der Waals surface area contributed by atoms with Gasteiger partial charge in [-0.15, -0.1) is 0 Å². The second-order valence-electron chi connectivity index (χ2n) is 4.35. The predicted octanol–water partition coefficient (Wildman–Crippen LogP) is 2.00. The average Bonchev–Trinajstić information content (AvgIpc) is 2.37. The van der Waals surface area contributed by atoms with Crippen molar-refractivity contribution in [3.05, 3.63) is 30.3 Å². The van der Waals surface area contributed by atoms with Gasteiger partial charge in [0, 0.05) is 12.5 Å². The first-order valence-corrected chi connectivity index (χ1v) is 6.15. The van der Waals surface area contributed by atoms with E-state index in [-0.39, 0.29) is 18.1 Å². The lowest BCUT2D eigenvalue weighted by Gasteiger charge is -2.19. The smallest absolute Gasteiger partial charge is 0.322 e. The molecule has 0 amide bonds. The molecule has 1 atom stereocenters. The van der Waals surface area contributed by atoms with Crippen LogP contribution in [0.3, 0.4) is 0 Å². The summed E-state index contributed by atoms with van der Waals surface area (Å²) in [5, 5.41) is 3.16. The van der Waals surface area contributed by atoms with Crippen LogP contribution in [0.15, 0.2) is 30.3 Å². The third-order valence-corrected chi connectivity index (χ3v) is 2.44. The fraction of sp³-hybridized carbons (Fsp3) is 0.500. The van der Waals surface area contributed by atoms with E-state index in [2.05, 4.69) is 5.32 Å². The van der Waals surface area contributed by atoms with E-state index in [1.807, 2.05) is 44.2 Å². The van der Waals surface area contributed by atoms with E-state index in [0.717, 1.165) is 5.75 Å². The minimum atomic E-state index is -0.321. The number of methoxy groups -OCH3 is 1. The Morgan fingerprint density at radius 3 is 2.50 bits per heavy atom. The van der Waals surface area contributed by atoms with Gasteiger partial charge in [0.15, 0.2) is 0 Å². The van der Waals surface area contributed by atoms with Crippen molar-refractivity contribution in [2.24, 2.45) is 0 Å². The lowest BCUT2D eigenvalue weighted by atomic mass is 10.2. The largest absolute Gasteiger partial charge is 0.494 e. The van der Waals surface area contributed by atoms with Gasteiger partial charge in [0.25, 0.3) is 0 Å². The van der Waals surface area contributed by atoms with Gasteiger partial charge in [0.05, 0.1) is 13.7 Å². The number of hydrogen-bond donors (Lipinski definition) is 1. The summed E-state index contributed by atoms with van der Waals surface area (Å²) < 4.78 is 10.3. The molecule has 0 aliphatic carbocycles. The second-order valence-corrected chi connectivity index (χ2v) is 4.35. The lowest BCUT2D eigenvalue weighted by molar-refractivity contribution is -0.143. The molecule has 0 aliphatic rings. The van der Waals surface area contributed by atoms with Gasteiger partial charge >= 0.3 is 5.97 Å². The van der Waals surface area contributed by atoms with E-state index in [4.69, 9.17) is 9.47 Å². The van der Waals surface area contributed by atoms with Gasteiger partial charge < -0.3 is 14.8 Å². The van der Waals surface area contributed by atoms with E-state index in [0.29, 0.717) is 13.0 Å². The van der Waals surface area contributed by atoms with E-state index in [1.54, 1.807) is 0 Å². The number of carbonyl (C=O) groups excluding carboxylic acids is 1. The molecule has 1 N–H and O–H groups in total. The maximum absolute atomic E-state index is 11.5. The summed E-state index contributed by atoms with van der Waals surface area (Å²) in [6, 6.07) is 9.46. The third kappa shape index (κ3) is 5.19. The Bertz CT molecular complexity index is 351. The zero-order valence-electron chi connectivity index (χ0n) is 11.2. The van der Waals surface area contributed by atoms with Gasteiger partial charge in [-0.25, -0.2) is 0 Å². The number of carbonyl (C=O) groups is 1. The minimum Gasteiger partial charge on any atom is -0.494 e. The van der Waals surface area contributed by atoms with Crippen molar-refractivity contribution in [2.75, 3.05) is 13.7 Å². The first-order chi connectivity index (χ1) is 8.63. The highest BCUT2D eigenvalue weighted by Gasteiger charge is 2.19. The molecule has 0 heterocycles. The molecule has 0 radical (unpaired) electrons. The van der Waals surface area contributed by atoms with Crippen molar-refractivity contribution in [1.82, 2.24) is 5.32 Å². The molecular weight excluding hydrogens is 230 g/mol. The molecule has 18 heavy (non-hydrogen) atoms. The van der Waals surface area contributed by atoms with Crippen LogP contribution in [0.25, 0.3) is 0 Å². The van der Waals surface area contributed by atoms with Gasteiger partial charge in [-0.05, 0) is 12.1 Å². The summed E-state index contributed by atoms with van der Waals surface area (Å²) in [6.45, 7) is 4.46. The maximum Gasteiger partial charge on any atom is 0.322 e. The van der Waals surface area contributed by atoms with Crippen LogP contribution >= 0.6 is 0 Å². The van der Waals surface area contributed by atoms with Crippen LogP contribution in [-0.4, -0.2) is 31.8 Å².